The molecule has 160 valence electrons. The van der Waals surface area contributed by atoms with Crippen molar-refractivity contribution in [1.29, 1.82) is 0 Å². The zero-order valence-corrected chi connectivity index (χ0v) is 17.6. The third kappa shape index (κ3) is 6.84. The molecule has 2 aromatic rings. The third-order valence-corrected chi connectivity index (χ3v) is 5.29. The van der Waals surface area contributed by atoms with Gasteiger partial charge in [-0.25, -0.2) is 4.99 Å². The van der Waals surface area contributed by atoms with E-state index in [4.69, 9.17) is 4.99 Å². The summed E-state index contributed by atoms with van der Waals surface area (Å²) < 4.78 is 0. The smallest absolute Gasteiger partial charge is 0.269 e. The van der Waals surface area contributed by atoms with Gasteiger partial charge in [0.2, 0.25) is 0 Å². The van der Waals surface area contributed by atoms with E-state index in [1.54, 1.807) is 12.1 Å². The first kappa shape index (κ1) is 21.8. The summed E-state index contributed by atoms with van der Waals surface area (Å²) in [5, 5.41) is 17.8. The molecule has 1 aliphatic rings. The van der Waals surface area contributed by atoms with Gasteiger partial charge in [-0.05, 0) is 30.4 Å². The maximum Gasteiger partial charge on any atom is 0.269 e. The van der Waals surface area contributed by atoms with Crippen molar-refractivity contribution in [3.05, 3.63) is 75.8 Å². The highest BCUT2D eigenvalue weighted by molar-refractivity contribution is 5.80. The van der Waals surface area contributed by atoms with Crippen LogP contribution in [0.4, 0.5) is 5.69 Å². The Morgan fingerprint density at radius 2 is 1.80 bits per heavy atom. The molecular formula is C23H31N5O2. The molecule has 1 saturated heterocycles. The number of non-ortho nitro benzene ring substituents is 1. The SMILES string of the molecule is CCCNC(=NCc1ccc([N+](=O)[O-])cc1)NC1CCN(Cc2ccccc2)CC1. The number of nitrogens with zero attached hydrogens (tertiary/aromatic N) is 3. The average molecular weight is 410 g/mol. The molecule has 30 heavy (non-hydrogen) atoms. The first-order valence-electron chi connectivity index (χ1n) is 10.7. The fourth-order valence-corrected chi connectivity index (χ4v) is 3.56. The first-order valence-corrected chi connectivity index (χ1v) is 10.7. The van der Waals surface area contributed by atoms with E-state index in [2.05, 4.69) is 52.8 Å². The van der Waals surface area contributed by atoms with Crippen molar-refractivity contribution in [2.45, 2.75) is 45.3 Å². The summed E-state index contributed by atoms with van der Waals surface area (Å²) >= 11 is 0. The first-order chi connectivity index (χ1) is 14.6. The van der Waals surface area contributed by atoms with Crippen molar-refractivity contribution >= 4 is 11.6 Å². The van der Waals surface area contributed by atoms with Gasteiger partial charge in [-0.15, -0.1) is 0 Å². The van der Waals surface area contributed by atoms with Crippen LogP contribution in [-0.2, 0) is 13.1 Å². The monoisotopic (exact) mass is 409 g/mol. The Morgan fingerprint density at radius 3 is 2.43 bits per heavy atom. The van der Waals surface area contributed by atoms with Crippen LogP contribution >= 0.6 is 0 Å². The fourth-order valence-electron chi connectivity index (χ4n) is 3.56. The lowest BCUT2D eigenvalue weighted by Gasteiger charge is -2.33. The molecule has 2 aromatic carbocycles. The number of hydrogen-bond donors (Lipinski definition) is 2. The van der Waals surface area contributed by atoms with Gasteiger partial charge >= 0.3 is 0 Å². The number of likely N-dealkylation sites (tertiary alicyclic amines) is 1. The number of hydrogen-bond acceptors (Lipinski definition) is 4. The molecule has 0 atom stereocenters. The van der Waals surface area contributed by atoms with Crippen LogP contribution in [0.3, 0.4) is 0 Å². The summed E-state index contributed by atoms with van der Waals surface area (Å²) in [5.41, 5.74) is 2.42. The molecule has 1 aliphatic heterocycles. The molecule has 1 fully saturated rings. The van der Waals surface area contributed by atoms with Crippen LogP contribution in [0.15, 0.2) is 59.6 Å². The highest BCUT2D eigenvalue weighted by Crippen LogP contribution is 2.15. The molecule has 0 bridgehead atoms. The minimum absolute atomic E-state index is 0.104. The number of nitrogens with one attached hydrogen (secondary N) is 2. The van der Waals surface area contributed by atoms with Gasteiger partial charge in [0.25, 0.3) is 5.69 Å². The van der Waals surface area contributed by atoms with E-state index in [0.29, 0.717) is 12.6 Å². The number of aliphatic imine (C=N–C) groups is 1. The Bertz CT molecular complexity index is 815. The molecule has 0 aromatic heterocycles. The van der Waals surface area contributed by atoms with Crippen molar-refractivity contribution in [3.63, 3.8) is 0 Å². The van der Waals surface area contributed by atoms with Gasteiger partial charge in [-0.3, -0.25) is 15.0 Å². The summed E-state index contributed by atoms with van der Waals surface area (Å²) in [6.07, 6.45) is 3.18. The molecule has 7 heteroatoms. The van der Waals surface area contributed by atoms with Crippen LogP contribution in [0.25, 0.3) is 0 Å². The number of piperidine rings is 1. The van der Waals surface area contributed by atoms with Crippen LogP contribution in [0.5, 0.6) is 0 Å². The summed E-state index contributed by atoms with van der Waals surface area (Å²) in [6.45, 7) is 6.61. The maximum atomic E-state index is 10.8. The summed E-state index contributed by atoms with van der Waals surface area (Å²) in [4.78, 5) is 17.6. The molecule has 7 nitrogen and oxygen atoms in total. The molecular weight excluding hydrogens is 378 g/mol. The standard InChI is InChI=1S/C23H31N5O2/c1-2-14-24-23(25-17-19-8-10-22(11-9-19)28(29)30)26-21-12-15-27(16-13-21)18-20-6-4-3-5-7-20/h3-11,21H,2,12-18H2,1H3,(H2,24,25,26). The third-order valence-electron chi connectivity index (χ3n) is 5.29. The summed E-state index contributed by atoms with van der Waals surface area (Å²) in [5.74, 6) is 0.816. The zero-order valence-electron chi connectivity index (χ0n) is 17.6. The Kier molecular flexibility index (Phi) is 8.20. The van der Waals surface area contributed by atoms with Gasteiger partial charge in [0.1, 0.15) is 0 Å². The van der Waals surface area contributed by atoms with Gasteiger partial charge in [-0.2, -0.15) is 0 Å². The van der Waals surface area contributed by atoms with Gasteiger partial charge in [0.05, 0.1) is 11.5 Å². The Labute approximate surface area is 178 Å². The van der Waals surface area contributed by atoms with Crippen LogP contribution < -0.4 is 10.6 Å². The molecule has 3 rings (SSSR count). The van der Waals surface area contributed by atoms with Crippen molar-refractivity contribution in [2.24, 2.45) is 4.99 Å². The van der Waals surface area contributed by atoms with E-state index in [0.717, 1.165) is 57.0 Å². The van der Waals surface area contributed by atoms with E-state index in [-0.39, 0.29) is 10.6 Å². The van der Waals surface area contributed by atoms with E-state index >= 15 is 0 Å². The normalized spacial score (nSPS) is 15.7. The van der Waals surface area contributed by atoms with E-state index in [9.17, 15) is 10.1 Å². The topological polar surface area (TPSA) is 82.8 Å². The Balaban J connectivity index is 1.51. The second-order valence-corrected chi connectivity index (χ2v) is 7.70. The predicted octanol–water partition coefficient (Wildman–Crippen LogP) is 3.70. The van der Waals surface area contributed by atoms with Gasteiger partial charge in [0.15, 0.2) is 5.96 Å². The van der Waals surface area contributed by atoms with Crippen LogP contribution in [-0.4, -0.2) is 41.5 Å². The highest BCUT2D eigenvalue weighted by Gasteiger charge is 2.20. The van der Waals surface area contributed by atoms with Crippen molar-refractivity contribution in [1.82, 2.24) is 15.5 Å². The van der Waals surface area contributed by atoms with Crippen LogP contribution in [0.2, 0.25) is 0 Å². The van der Waals surface area contributed by atoms with Crippen LogP contribution in [0.1, 0.15) is 37.3 Å². The Hall–Kier alpha value is -2.93. The van der Waals surface area contributed by atoms with Crippen molar-refractivity contribution < 1.29 is 4.92 Å². The average Bonchev–Trinajstić information content (AvgIpc) is 2.78. The van der Waals surface area contributed by atoms with E-state index in [1.807, 2.05) is 0 Å². The zero-order chi connectivity index (χ0) is 21.2. The lowest BCUT2D eigenvalue weighted by atomic mass is 10.0. The minimum Gasteiger partial charge on any atom is -0.356 e. The van der Waals surface area contributed by atoms with Crippen molar-refractivity contribution in [2.75, 3.05) is 19.6 Å². The molecule has 0 radical (unpaired) electrons. The molecule has 0 amide bonds. The fraction of sp³-hybridized carbons (Fsp3) is 0.435. The Morgan fingerprint density at radius 1 is 1.10 bits per heavy atom. The number of rotatable bonds is 8. The van der Waals surface area contributed by atoms with Crippen LogP contribution in [0, 0.1) is 10.1 Å². The van der Waals surface area contributed by atoms with Gasteiger partial charge in [0, 0.05) is 44.4 Å². The largest absolute Gasteiger partial charge is 0.356 e. The highest BCUT2D eigenvalue weighted by atomic mass is 16.6. The summed E-state index contributed by atoms with van der Waals surface area (Å²) in [7, 11) is 0. The maximum absolute atomic E-state index is 10.8. The number of guanidine groups is 1. The van der Waals surface area contributed by atoms with E-state index in [1.165, 1.54) is 17.7 Å². The number of benzene rings is 2. The molecule has 1 heterocycles. The lowest BCUT2D eigenvalue weighted by Crippen LogP contribution is -2.48. The molecule has 0 spiro atoms. The lowest BCUT2D eigenvalue weighted by molar-refractivity contribution is -0.384. The molecule has 0 saturated carbocycles. The molecule has 0 aliphatic carbocycles. The summed E-state index contributed by atoms with van der Waals surface area (Å²) in [6, 6.07) is 17.6. The van der Waals surface area contributed by atoms with Crippen molar-refractivity contribution in [3.8, 4) is 0 Å². The number of nitro benzene ring substituents is 1. The molecule has 2 N–H and O–H groups in total. The van der Waals surface area contributed by atoms with Gasteiger partial charge in [-0.1, -0.05) is 49.4 Å². The minimum atomic E-state index is -0.382. The second-order valence-electron chi connectivity index (χ2n) is 7.70. The second kappa shape index (κ2) is 11.3. The number of nitro groups is 1. The van der Waals surface area contributed by atoms with Gasteiger partial charge < -0.3 is 10.6 Å². The quantitative estimate of drug-likeness (QED) is 0.301. The molecule has 0 unspecified atom stereocenters. The van der Waals surface area contributed by atoms with E-state index < -0.39 is 0 Å². The predicted molar refractivity (Wildman–Crippen MR) is 120 cm³/mol.